The van der Waals surface area contributed by atoms with Gasteiger partial charge in [0.25, 0.3) is 0 Å². The van der Waals surface area contributed by atoms with Gasteiger partial charge in [-0.3, -0.25) is 9.59 Å². The van der Waals surface area contributed by atoms with Gasteiger partial charge in [-0.1, -0.05) is 37.3 Å². The summed E-state index contributed by atoms with van der Waals surface area (Å²) in [6.07, 6.45) is 3.07. The van der Waals surface area contributed by atoms with Crippen LogP contribution in [-0.2, 0) is 5.41 Å². The highest BCUT2D eigenvalue weighted by molar-refractivity contribution is 6.04. The van der Waals surface area contributed by atoms with Crippen LogP contribution in [0.3, 0.4) is 0 Å². The summed E-state index contributed by atoms with van der Waals surface area (Å²) >= 11 is 0. The second kappa shape index (κ2) is 6.93. The van der Waals surface area contributed by atoms with Crippen molar-refractivity contribution in [2.45, 2.75) is 38.0 Å². The van der Waals surface area contributed by atoms with Gasteiger partial charge in [0.1, 0.15) is 12.4 Å². The van der Waals surface area contributed by atoms with Crippen molar-refractivity contribution in [3.05, 3.63) is 64.7 Å². The minimum Gasteiger partial charge on any atom is -0.491 e. The van der Waals surface area contributed by atoms with Gasteiger partial charge in [0.05, 0.1) is 17.6 Å². The minimum absolute atomic E-state index is 0.0471. The SMILES string of the molecule is CCC(=O)c1cc(C(=O)CC2CC2)cc2c1OC[C@@]2(CO)c1ccccc1. The maximum atomic E-state index is 12.8. The van der Waals surface area contributed by atoms with Crippen molar-refractivity contribution < 1.29 is 19.4 Å². The van der Waals surface area contributed by atoms with E-state index in [2.05, 4.69) is 0 Å². The molecule has 1 atom stereocenters. The summed E-state index contributed by atoms with van der Waals surface area (Å²) in [5.74, 6) is 1.01. The number of ketones is 2. The predicted molar refractivity (Wildman–Crippen MR) is 103 cm³/mol. The molecule has 4 rings (SSSR count). The molecule has 0 aromatic heterocycles. The molecule has 1 heterocycles. The van der Waals surface area contributed by atoms with Crippen LogP contribution in [0.15, 0.2) is 42.5 Å². The van der Waals surface area contributed by atoms with Crippen molar-refractivity contribution in [2.24, 2.45) is 5.92 Å². The zero-order valence-corrected chi connectivity index (χ0v) is 15.5. The minimum atomic E-state index is -0.755. The average molecular weight is 364 g/mol. The largest absolute Gasteiger partial charge is 0.491 e. The van der Waals surface area contributed by atoms with E-state index in [-0.39, 0.29) is 24.8 Å². The maximum absolute atomic E-state index is 12.8. The lowest BCUT2D eigenvalue weighted by Crippen LogP contribution is -2.33. The monoisotopic (exact) mass is 364 g/mol. The molecule has 1 N–H and O–H groups in total. The van der Waals surface area contributed by atoms with Gasteiger partial charge in [-0.05, 0) is 36.5 Å². The molecule has 1 fully saturated rings. The molecule has 0 radical (unpaired) electrons. The third kappa shape index (κ3) is 3.08. The van der Waals surface area contributed by atoms with E-state index in [0.717, 1.165) is 24.0 Å². The van der Waals surface area contributed by atoms with E-state index in [9.17, 15) is 14.7 Å². The van der Waals surface area contributed by atoms with Gasteiger partial charge >= 0.3 is 0 Å². The van der Waals surface area contributed by atoms with Gasteiger partial charge in [-0.2, -0.15) is 0 Å². The molecule has 0 bridgehead atoms. The summed E-state index contributed by atoms with van der Waals surface area (Å²) in [6.45, 7) is 1.91. The van der Waals surface area contributed by atoms with Crippen LogP contribution >= 0.6 is 0 Å². The predicted octanol–water partition coefficient (Wildman–Crippen LogP) is 3.93. The summed E-state index contributed by atoms with van der Waals surface area (Å²) < 4.78 is 5.95. The quantitative estimate of drug-likeness (QED) is 0.756. The number of rotatable bonds is 7. The Morgan fingerprint density at radius 2 is 1.89 bits per heavy atom. The van der Waals surface area contributed by atoms with Gasteiger partial charge in [0, 0.05) is 24.0 Å². The second-order valence-electron chi connectivity index (χ2n) is 7.64. The number of Topliss-reactive ketones (excluding diaryl/α,β-unsaturated/α-hetero) is 2. The van der Waals surface area contributed by atoms with Crippen molar-refractivity contribution in [1.29, 1.82) is 0 Å². The molecule has 140 valence electrons. The fourth-order valence-electron chi connectivity index (χ4n) is 3.89. The smallest absolute Gasteiger partial charge is 0.166 e. The Bertz CT molecular complexity index is 883. The van der Waals surface area contributed by atoms with Crippen molar-refractivity contribution in [1.82, 2.24) is 0 Å². The number of hydrogen-bond acceptors (Lipinski definition) is 4. The Hall–Kier alpha value is -2.46. The van der Waals surface area contributed by atoms with Crippen LogP contribution in [0.1, 0.15) is 64.4 Å². The molecule has 0 saturated heterocycles. The molecule has 4 nitrogen and oxygen atoms in total. The van der Waals surface area contributed by atoms with E-state index in [1.165, 1.54) is 0 Å². The Kier molecular flexibility index (Phi) is 4.60. The molecule has 0 amide bonds. The molecule has 4 heteroatoms. The number of carbonyl (C=O) groups excluding carboxylic acids is 2. The van der Waals surface area contributed by atoms with E-state index in [1.54, 1.807) is 13.0 Å². The van der Waals surface area contributed by atoms with Gasteiger partial charge < -0.3 is 9.84 Å². The van der Waals surface area contributed by atoms with Gasteiger partial charge in [0.2, 0.25) is 0 Å². The van der Waals surface area contributed by atoms with E-state index in [4.69, 9.17) is 4.74 Å². The first-order valence-corrected chi connectivity index (χ1v) is 9.63. The van der Waals surface area contributed by atoms with Crippen molar-refractivity contribution in [2.75, 3.05) is 13.2 Å². The molecule has 27 heavy (non-hydrogen) atoms. The number of benzene rings is 2. The zero-order chi connectivity index (χ0) is 19.0. The molecule has 2 aliphatic rings. The number of fused-ring (bicyclic) bond motifs is 1. The first-order valence-electron chi connectivity index (χ1n) is 9.63. The number of hydrogen-bond donors (Lipinski definition) is 1. The van der Waals surface area contributed by atoms with Crippen molar-refractivity contribution >= 4 is 11.6 Å². The highest BCUT2D eigenvalue weighted by atomic mass is 16.5. The summed E-state index contributed by atoms with van der Waals surface area (Å²) in [7, 11) is 0. The third-order valence-electron chi connectivity index (χ3n) is 5.78. The van der Waals surface area contributed by atoms with Gasteiger partial charge in [0.15, 0.2) is 11.6 Å². The van der Waals surface area contributed by atoms with Crippen LogP contribution in [-0.4, -0.2) is 29.9 Å². The van der Waals surface area contributed by atoms with E-state index < -0.39 is 5.41 Å². The summed E-state index contributed by atoms with van der Waals surface area (Å²) in [5, 5.41) is 10.3. The Balaban J connectivity index is 1.87. The summed E-state index contributed by atoms with van der Waals surface area (Å²) in [4.78, 5) is 25.3. The normalized spacial score (nSPS) is 20.8. The lowest BCUT2D eigenvalue weighted by atomic mass is 9.75. The van der Waals surface area contributed by atoms with Crippen LogP contribution in [0.2, 0.25) is 0 Å². The molecule has 1 saturated carbocycles. The fourth-order valence-corrected chi connectivity index (χ4v) is 3.89. The highest BCUT2D eigenvalue weighted by Crippen LogP contribution is 2.46. The topological polar surface area (TPSA) is 63.6 Å². The first kappa shape index (κ1) is 17.9. The summed E-state index contributed by atoms with van der Waals surface area (Å²) in [5.41, 5.74) is 1.93. The van der Waals surface area contributed by atoms with Gasteiger partial charge in [-0.15, -0.1) is 0 Å². The second-order valence-corrected chi connectivity index (χ2v) is 7.64. The van der Waals surface area contributed by atoms with E-state index >= 15 is 0 Å². The molecular weight excluding hydrogens is 340 g/mol. The summed E-state index contributed by atoms with van der Waals surface area (Å²) in [6, 6.07) is 13.2. The lowest BCUT2D eigenvalue weighted by Gasteiger charge is -2.26. The Morgan fingerprint density at radius 3 is 2.52 bits per heavy atom. The maximum Gasteiger partial charge on any atom is 0.166 e. The lowest BCUT2D eigenvalue weighted by molar-refractivity contribution is 0.0975. The average Bonchev–Trinajstić information content (AvgIpc) is 3.44. The van der Waals surface area contributed by atoms with Crippen molar-refractivity contribution in [3.63, 3.8) is 0 Å². The number of carbonyl (C=O) groups is 2. The molecule has 2 aromatic carbocycles. The first-order chi connectivity index (χ1) is 13.1. The van der Waals surface area contributed by atoms with E-state index in [1.807, 2.05) is 36.4 Å². The van der Waals surface area contributed by atoms with Crippen LogP contribution in [0.25, 0.3) is 0 Å². The Labute approximate surface area is 159 Å². The number of aliphatic hydroxyl groups excluding tert-OH is 1. The highest BCUT2D eigenvalue weighted by Gasteiger charge is 2.44. The molecule has 2 aromatic rings. The molecule has 0 spiro atoms. The van der Waals surface area contributed by atoms with Gasteiger partial charge in [-0.25, -0.2) is 0 Å². The molecular formula is C23H24O4. The van der Waals surface area contributed by atoms with Crippen LogP contribution in [0, 0.1) is 5.92 Å². The number of ether oxygens (including phenoxy) is 1. The van der Waals surface area contributed by atoms with E-state index in [0.29, 0.717) is 35.6 Å². The van der Waals surface area contributed by atoms with Crippen molar-refractivity contribution in [3.8, 4) is 5.75 Å². The van der Waals surface area contributed by atoms with Crippen LogP contribution in [0.4, 0.5) is 0 Å². The van der Waals surface area contributed by atoms with Crippen LogP contribution < -0.4 is 4.74 Å². The third-order valence-corrected chi connectivity index (χ3v) is 5.78. The molecule has 1 aliphatic carbocycles. The van der Waals surface area contributed by atoms with Crippen LogP contribution in [0.5, 0.6) is 5.75 Å². The zero-order valence-electron chi connectivity index (χ0n) is 15.5. The molecule has 1 aliphatic heterocycles. The number of aliphatic hydroxyl groups is 1. The molecule has 0 unspecified atom stereocenters. The fraction of sp³-hybridized carbons (Fsp3) is 0.391. The standard InChI is InChI=1S/C23H24O4/c1-2-20(25)18-11-16(21(26)10-15-8-9-15)12-19-22(18)27-14-23(19,13-24)17-6-4-3-5-7-17/h3-7,11-12,15,24H,2,8-10,13-14H2,1H3/t23-/m0/s1. The Morgan fingerprint density at radius 1 is 1.15 bits per heavy atom.